The molecule has 12 rings (SSSR count). The summed E-state index contributed by atoms with van der Waals surface area (Å²) in [4.78, 5) is 2.31. The van der Waals surface area contributed by atoms with E-state index in [2.05, 4.69) is 205 Å². The Morgan fingerprint density at radius 3 is 1.26 bits per heavy atom. The Bertz CT molecular complexity index is 3480. The van der Waals surface area contributed by atoms with E-state index in [1.54, 1.807) is 0 Å². The molecule has 5 heteroatoms. The summed E-state index contributed by atoms with van der Waals surface area (Å²) in [6.07, 6.45) is 0. The standard InChI is InChI=1S/C56H35N5/c1-2-8-36(9-3-1)41-24-30-49-42(32-41)16-17-43-33-48(29-31-50(43)49)61(46-25-20-39(21-26-46)53-34-44-18-14-37-10-4-6-12-51(37)55(44)59-57-53)47-27-22-40(23-28-47)54-35-45-19-15-38-11-5-7-13-52(38)56(45)60-58-54/h1-35H. The molecule has 0 fully saturated rings. The van der Waals surface area contributed by atoms with Crippen LogP contribution >= 0.6 is 0 Å². The van der Waals surface area contributed by atoms with Crippen molar-refractivity contribution in [2.45, 2.75) is 0 Å². The van der Waals surface area contributed by atoms with E-state index in [-0.39, 0.29) is 0 Å². The third-order valence-electron chi connectivity index (χ3n) is 12.0. The van der Waals surface area contributed by atoms with E-state index in [0.717, 1.165) is 82.9 Å². The van der Waals surface area contributed by atoms with E-state index in [1.165, 1.54) is 32.7 Å². The van der Waals surface area contributed by atoms with Crippen molar-refractivity contribution in [3.05, 3.63) is 212 Å². The first kappa shape index (κ1) is 34.7. The lowest BCUT2D eigenvalue weighted by atomic mass is 9.97. The lowest BCUT2D eigenvalue weighted by molar-refractivity contribution is 1.09. The van der Waals surface area contributed by atoms with Gasteiger partial charge in [-0.15, -0.1) is 20.4 Å². The lowest BCUT2D eigenvalue weighted by Crippen LogP contribution is -2.10. The average molecular weight is 778 g/mol. The van der Waals surface area contributed by atoms with Gasteiger partial charge >= 0.3 is 0 Å². The number of nitrogens with zero attached hydrogens (tertiary/aromatic N) is 5. The average Bonchev–Trinajstić information content (AvgIpc) is 3.34. The van der Waals surface area contributed by atoms with Crippen LogP contribution < -0.4 is 4.90 Å². The monoisotopic (exact) mass is 777 g/mol. The molecule has 0 spiro atoms. The molecule has 0 saturated carbocycles. The van der Waals surface area contributed by atoms with Gasteiger partial charge in [0.15, 0.2) is 0 Å². The third kappa shape index (κ3) is 6.10. The van der Waals surface area contributed by atoms with Gasteiger partial charge in [0, 0.05) is 49.7 Å². The first-order chi connectivity index (χ1) is 30.2. The highest BCUT2D eigenvalue weighted by Crippen LogP contribution is 2.40. The summed E-state index contributed by atoms with van der Waals surface area (Å²) in [7, 11) is 0. The number of anilines is 3. The summed E-state index contributed by atoms with van der Waals surface area (Å²) in [5.41, 5.74) is 11.1. The molecule has 0 aliphatic rings. The number of hydrogen-bond donors (Lipinski definition) is 0. The highest BCUT2D eigenvalue weighted by atomic mass is 15.1. The summed E-state index contributed by atoms with van der Waals surface area (Å²) >= 11 is 0. The molecule has 5 nitrogen and oxygen atoms in total. The summed E-state index contributed by atoms with van der Waals surface area (Å²) in [6.45, 7) is 0. The minimum Gasteiger partial charge on any atom is -0.310 e. The second-order valence-electron chi connectivity index (χ2n) is 15.6. The molecule has 0 amide bonds. The van der Waals surface area contributed by atoms with Crippen LogP contribution in [-0.2, 0) is 0 Å². The van der Waals surface area contributed by atoms with E-state index in [0.29, 0.717) is 0 Å². The predicted molar refractivity (Wildman–Crippen MR) is 254 cm³/mol. The molecule has 2 heterocycles. The minimum absolute atomic E-state index is 0.836. The Kier molecular flexibility index (Phi) is 8.10. The van der Waals surface area contributed by atoms with Crippen LogP contribution in [0.25, 0.3) is 98.5 Å². The first-order valence-electron chi connectivity index (χ1n) is 20.5. The van der Waals surface area contributed by atoms with Gasteiger partial charge in [0.2, 0.25) is 0 Å². The molecule has 0 bridgehead atoms. The van der Waals surface area contributed by atoms with Crippen LogP contribution in [0.5, 0.6) is 0 Å². The fraction of sp³-hybridized carbons (Fsp3) is 0. The Morgan fingerprint density at radius 2 is 0.689 bits per heavy atom. The topological polar surface area (TPSA) is 54.8 Å². The van der Waals surface area contributed by atoms with E-state index < -0.39 is 0 Å². The maximum absolute atomic E-state index is 4.70. The highest BCUT2D eigenvalue weighted by molar-refractivity contribution is 6.10. The van der Waals surface area contributed by atoms with Gasteiger partial charge in [-0.05, 0) is 98.0 Å². The fourth-order valence-electron chi connectivity index (χ4n) is 8.86. The van der Waals surface area contributed by atoms with Gasteiger partial charge in [0.1, 0.15) is 11.0 Å². The second-order valence-corrected chi connectivity index (χ2v) is 15.6. The van der Waals surface area contributed by atoms with Crippen molar-refractivity contribution in [2.75, 3.05) is 4.90 Å². The Hall–Kier alpha value is -8.28. The first-order valence-corrected chi connectivity index (χ1v) is 20.5. The van der Waals surface area contributed by atoms with Gasteiger partial charge < -0.3 is 4.90 Å². The van der Waals surface area contributed by atoms with Crippen LogP contribution in [0.15, 0.2) is 212 Å². The molecule has 0 N–H and O–H groups in total. The van der Waals surface area contributed by atoms with E-state index in [9.17, 15) is 0 Å². The number of aromatic nitrogens is 4. The quantitative estimate of drug-likeness (QED) is 0.157. The van der Waals surface area contributed by atoms with Gasteiger partial charge in [-0.2, -0.15) is 0 Å². The molecular formula is C56H35N5. The molecule has 0 radical (unpaired) electrons. The van der Waals surface area contributed by atoms with E-state index in [4.69, 9.17) is 20.4 Å². The Balaban J connectivity index is 0.934. The zero-order valence-corrected chi connectivity index (χ0v) is 32.9. The van der Waals surface area contributed by atoms with E-state index >= 15 is 0 Å². The normalized spacial score (nSPS) is 11.6. The summed E-state index contributed by atoms with van der Waals surface area (Å²) in [6, 6.07) is 75.3. The maximum atomic E-state index is 4.70. The van der Waals surface area contributed by atoms with Crippen LogP contribution in [-0.4, -0.2) is 20.4 Å². The van der Waals surface area contributed by atoms with Crippen molar-refractivity contribution in [1.29, 1.82) is 0 Å². The molecule has 0 unspecified atom stereocenters. The molecule has 2 aromatic heterocycles. The van der Waals surface area contributed by atoms with Gasteiger partial charge in [-0.25, -0.2) is 0 Å². The van der Waals surface area contributed by atoms with E-state index in [1.807, 2.05) is 12.1 Å². The zero-order chi connectivity index (χ0) is 40.3. The second kappa shape index (κ2) is 14.2. The zero-order valence-electron chi connectivity index (χ0n) is 32.9. The van der Waals surface area contributed by atoms with Gasteiger partial charge in [0.25, 0.3) is 0 Å². The maximum Gasteiger partial charge on any atom is 0.101 e. The fourth-order valence-corrected chi connectivity index (χ4v) is 8.86. The summed E-state index contributed by atoms with van der Waals surface area (Å²) in [5.74, 6) is 0. The molecule has 0 atom stereocenters. The van der Waals surface area contributed by atoms with Crippen LogP contribution in [0.4, 0.5) is 17.1 Å². The summed E-state index contributed by atoms with van der Waals surface area (Å²) < 4.78 is 0. The Labute approximate surface area is 351 Å². The van der Waals surface area contributed by atoms with Gasteiger partial charge in [0.05, 0.1) is 11.4 Å². The van der Waals surface area contributed by atoms with Crippen molar-refractivity contribution < 1.29 is 0 Å². The number of fused-ring (bicyclic) bond motifs is 9. The Morgan fingerprint density at radius 1 is 0.246 bits per heavy atom. The van der Waals surface area contributed by atoms with Crippen LogP contribution in [0.1, 0.15) is 0 Å². The highest BCUT2D eigenvalue weighted by Gasteiger charge is 2.16. The number of benzene rings is 10. The molecule has 61 heavy (non-hydrogen) atoms. The third-order valence-corrected chi connectivity index (χ3v) is 12.0. The van der Waals surface area contributed by atoms with Gasteiger partial charge in [-0.1, -0.05) is 158 Å². The molecule has 284 valence electrons. The molecule has 0 aliphatic carbocycles. The molecule has 0 aliphatic heterocycles. The van der Waals surface area contributed by atoms with Crippen molar-refractivity contribution in [1.82, 2.24) is 20.4 Å². The lowest BCUT2D eigenvalue weighted by Gasteiger charge is -2.26. The molecular weight excluding hydrogens is 743 g/mol. The van der Waals surface area contributed by atoms with Crippen molar-refractivity contribution in [2.24, 2.45) is 0 Å². The number of hydrogen-bond acceptors (Lipinski definition) is 5. The molecule has 12 aromatic rings. The minimum atomic E-state index is 0.836. The summed E-state index contributed by atoms with van der Waals surface area (Å²) in [5, 5.41) is 30.3. The SMILES string of the molecule is c1ccc(-c2ccc3c(ccc4cc(N(c5ccc(-c6cc7ccc8ccccc8c7nn6)cc5)c5ccc(-c6cc7ccc8ccccc8c7nn6)cc5)ccc43)c2)cc1. The van der Waals surface area contributed by atoms with Crippen molar-refractivity contribution in [3.63, 3.8) is 0 Å². The van der Waals surface area contributed by atoms with Gasteiger partial charge in [-0.3, -0.25) is 0 Å². The number of rotatable bonds is 6. The smallest absolute Gasteiger partial charge is 0.101 e. The predicted octanol–water partition coefficient (Wildman–Crippen LogP) is 14.7. The van der Waals surface area contributed by atoms with Crippen LogP contribution in [0.2, 0.25) is 0 Å². The van der Waals surface area contributed by atoms with Crippen LogP contribution in [0.3, 0.4) is 0 Å². The van der Waals surface area contributed by atoms with Crippen molar-refractivity contribution in [3.8, 4) is 33.6 Å². The molecule has 0 saturated heterocycles. The van der Waals surface area contributed by atoms with Crippen LogP contribution in [0, 0.1) is 0 Å². The molecule has 10 aromatic carbocycles. The largest absolute Gasteiger partial charge is 0.310 e. The van der Waals surface area contributed by atoms with Crippen molar-refractivity contribution >= 4 is 82.0 Å².